The number of nitrogens with zero attached hydrogens (tertiary/aromatic N) is 1. The number of non-ortho nitro benzene ring substituents is 1. The van der Waals surface area contributed by atoms with Gasteiger partial charge >= 0.3 is 0 Å². The van der Waals surface area contributed by atoms with E-state index >= 15 is 0 Å². The lowest BCUT2D eigenvalue weighted by molar-refractivity contribution is -0.954. The molecule has 1 unspecified atom stereocenters. The zero-order valence-corrected chi connectivity index (χ0v) is 10.1. The molecule has 1 heterocycles. The molecule has 5 heteroatoms. The van der Waals surface area contributed by atoms with Gasteiger partial charge in [0.2, 0.25) is 0 Å². The van der Waals surface area contributed by atoms with Crippen LogP contribution in [0.15, 0.2) is 24.3 Å². The Kier molecular flexibility index (Phi) is 3.13. The summed E-state index contributed by atoms with van der Waals surface area (Å²) >= 11 is 0. The highest BCUT2D eigenvalue weighted by atomic mass is 16.6. The standard InChI is InChI=1S/C12H16N2O3/c1-12(2)8-17-9-13(12)7-10-3-5-11(6-4-10)14(15)16/h3-6H,7-9H2,1-2H3/p+1. The molecule has 0 spiro atoms. The van der Waals surface area contributed by atoms with Gasteiger partial charge in [0.1, 0.15) is 18.7 Å². The molecule has 0 amide bonds. The second-order valence-corrected chi connectivity index (χ2v) is 5.08. The molecule has 1 aromatic carbocycles. The van der Waals surface area contributed by atoms with E-state index in [2.05, 4.69) is 13.8 Å². The first-order valence-electron chi connectivity index (χ1n) is 5.65. The first-order chi connectivity index (χ1) is 7.99. The molecule has 0 aliphatic carbocycles. The van der Waals surface area contributed by atoms with Crippen LogP contribution < -0.4 is 4.90 Å². The van der Waals surface area contributed by atoms with Gasteiger partial charge in [0.15, 0.2) is 6.73 Å². The topological polar surface area (TPSA) is 56.8 Å². The van der Waals surface area contributed by atoms with E-state index in [9.17, 15) is 10.1 Å². The predicted octanol–water partition coefficient (Wildman–Crippen LogP) is 0.746. The van der Waals surface area contributed by atoms with E-state index in [4.69, 9.17) is 4.74 Å². The second kappa shape index (κ2) is 4.43. The molecule has 0 bridgehead atoms. The van der Waals surface area contributed by atoms with Crippen LogP contribution in [-0.4, -0.2) is 23.8 Å². The van der Waals surface area contributed by atoms with Crippen molar-refractivity contribution >= 4 is 5.69 Å². The van der Waals surface area contributed by atoms with Crippen LogP contribution in [-0.2, 0) is 11.3 Å². The number of nitrogens with one attached hydrogen (secondary N) is 1. The van der Waals surface area contributed by atoms with Crippen LogP contribution in [0.4, 0.5) is 5.69 Å². The molecule has 1 aliphatic heterocycles. The average molecular weight is 237 g/mol. The number of quaternary nitrogens is 1. The summed E-state index contributed by atoms with van der Waals surface area (Å²) in [5, 5.41) is 10.5. The Hall–Kier alpha value is -1.46. The molecular formula is C12H17N2O3+. The molecular weight excluding hydrogens is 220 g/mol. The minimum atomic E-state index is -0.375. The van der Waals surface area contributed by atoms with Crippen molar-refractivity contribution in [1.82, 2.24) is 0 Å². The fraction of sp³-hybridized carbons (Fsp3) is 0.500. The van der Waals surface area contributed by atoms with Crippen LogP contribution in [0, 0.1) is 10.1 Å². The molecule has 92 valence electrons. The molecule has 1 aliphatic rings. The van der Waals surface area contributed by atoms with Crippen LogP contribution in [0.3, 0.4) is 0 Å². The van der Waals surface area contributed by atoms with Gasteiger partial charge in [-0.3, -0.25) is 10.1 Å². The van der Waals surface area contributed by atoms with Gasteiger partial charge < -0.3 is 9.64 Å². The Morgan fingerprint density at radius 2 is 2.06 bits per heavy atom. The molecule has 1 N–H and O–H groups in total. The van der Waals surface area contributed by atoms with E-state index in [1.807, 2.05) is 12.1 Å². The minimum Gasteiger partial charge on any atom is -0.325 e. The van der Waals surface area contributed by atoms with Gasteiger partial charge in [-0.25, -0.2) is 0 Å². The maximum absolute atomic E-state index is 10.5. The lowest BCUT2D eigenvalue weighted by Gasteiger charge is -2.25. The maximum atomic E-state index is 10.5. The SMILES string of the molecule is CC1(C)COC[NH+]1Cc1ccc([N+](=O)[O-])cc1. The van der Waals surface area contributed by atoms with Crippen molar-refractivity contribution in [2.45, 2.75) is 25.9 Å². The third kappa shape index (κ3) is 2.62. The number of rotatable bonds is 3. The van der Waals surface area contributed by atoms with Crippen LogP contribution >= 0.6 is 0 Å². The van der Waals surface area contributed by atoms with Gasteiger partial charge in [-0.15, -0.1) is 0 Å². The zero-order chi connectivity index (χ0) is 12.5. The number of hydrogen-bond acceptors (Lipinski definition) is 3. The second-order valence-electron chi connectivity index (χ2n) is 5.08. The normalized spacial score (nSPS) is 22.6. The van der Waals surface area contributed by atoms with E-state index in [0.29, 0.717) is 6.73 Å². The van der Waals surface area contributed by atoms with Crippen LogP contribution in [0.25, 0.3) is 0 Å². The average Bonchev–Trinajstić information content (AvgIpc) is 2.59. The number of nitro groups is 1. The largest absolute Gasteiger partial charge is 0.325 e. The van der Waals surface area contributed by atoms with Crippen molar-refractivity contribution in [1.29, 1.82) is 0 Å². The van der Waals surface area contributed by atoms with Crippen molar-refractivity contribution in [3.8, 4) is 0 Å². The van der Waals surface area contributed by atoms with E-state index < -0.39 is 0 Å². The quantitative estimate of drug-likeness (QED) is 0.623. The molecule has 1 saturated heterocycles. The number of nitro benzene ring substituents is 1. The zero-order valence-electron chi connectivity index (χ0n) is 10.1. The van der Waals surface area contributed by atoms with Crippen LogP contribution in [0.2, 0.25) is 0 Å². The van der Waals surface area contributed by atoms with Crippen molar-refractivity contribution in [2.24, 2.45) is 0 Å². The fourth-order valence-corrected chi connectivity index (χ4v) is 2.00. The summed E-state index contributed by atoms with van der Waals surface area (Å²) in [6.45, 7) is 6.63. The Bertz CT molecular complexity index is 414. The third-order valence-corrected chi connectivity index (χ3v) is 3.26. The van der Waals surface area contributed by atoms with E-state index in [-0.39, 0.29) is 16.1 Å². The van der Waals surface area contributed by atoms with Gasteiger partial charge in [0, 0.05) is 17.7 Å². The Morgan fingerprint density at radius 1 is 1.41 bits per heavy atom. The van der Waals surface area contributed by atoms with Gasteiger partial charge in [0.25, 0.3) is 5.69 Å². The Morgan fingerprint density at radius 3 is 2.53 bits per heavy atom. The summed E-state index contributed by atoms with van der Waals surface area (Å²) in [4.78, 5) is 11.5. The number of benzene rings is 1. The molecule has 0 radical (unpaired) electrons. The van der Waals surface area contributed by atoms with Crippen molar-refractivity contribution in [2.75, 3.05) is 13.3 Å². The summed E-state index contributed by atoms with van der Waals surface area (Å²) in [7, 11) is 0. The highest BCUT2D eigenvalue weighted by molar-refractivity contribution is 5.32. The third-order valence-electron chi connectivity index (χ3n) is 3.26. The van der Waals surface area contributed by atoms with Crippen molar-refractivity contribution < 1.29 is 14.6 Å². The Balaban J connectivity index is 2.06. The van der Waals surface area contributed by atoms with E-state index in [0.717, 1.165) is 18.7 Å². The first-order valence-corrected chi connectivity index (χ1v) is 5.65. The molecule has 5 nitrogen and oxygen atoms in total. The van der Waals surface area contributed by atoms with Crippen molar-refractivity contribution in [3.05, 3.63) is 39.9 Å². The van der Waals surface area contributed by atoms with Crippen LogP contribution in [0.1, 0.15) is 19.4 Å². The lowest BCUT2D eigenvalue weighted by atomic mass is 10.1. The smallest absolute Gasteiger partial charge is 0.269 e. The van der Waals surface area contributed by atoms with Gasteiger partial charge in [0.05, 0.1) is 4.92 Å². The number of ether oxygens (including phenoxy) is 1. The molecule has 17 heavy (non-hydrogen) atoms. The molecule has 1 aromatic rings. The van der Waals surface area contributed by atoms with E-state index in [1.54, 1.807) is 12.1 Å². The number of hydrogen-bond donors (Lipinski definition) is 1. The summed E-state index contributed by atoms with van der Waals surface area (Å²) in [6.07, 6.45) is 0. The fourth-order valence-electron chi connectivity index (χ4n) is 2.00. The summed E-state index contributed by atoms with van der Waals surface area (Å²) in [5.41, 5.74) is 1.35. The molecule has 1 atom stereocenters. The molecule has 2 rings (SSSR count). The van der Waals surface area contributed by atoms with Crippen LogP contribution in [0.5, 0.6) is 0 Å². The summed E-state index contributed by atoms with van der Waals surface area (Å²) in [6, 6.07) is 6.75. The van der Waals surface area contributed by atoms with Gasteiger partial charge in [-0.2, -0.15) is 0 Å². The summed E-state index contributed by atoms with van der Waals surface area (Å²) < 4.78 is 5.46. The van der Waals surface area contributed by atoms with Gasteiger partial charge in [-0.1, -0.05) is 0 Å². The summed E-state index contributed by atoms with van der Waals surface area (Å²) in [5.74, 6) is 0. The highest BCUT2D eigenvalue weighted by Gasteiger charge is 2.36. The Labute approximate surface area is 100 Å². The van der Waals surface area contributed by atoms with Crippen molar-refractivity contribution in [3.63, 3.8) is 0 Å². The van der Waals surface area contributed by atoms with E-state index in [1.165, 1.54) is 4.90 Å². The predicted molar refractivity (Wildman–Crippen MR) is 62.7 cm³/mol. The minimum absolute atomic E-state index is 0.113. The lowest BCUT2D eigenvalue weighted by Crippen LogP contribution is -3.16. The monoisotopic (exact) mass is 237 g/mol. The molecule has 0 saturated carbocycles. The van der Waals surface area contributed by atoms with Gasteiger partial charge in [-0.05, 0) is 26.0 Å². The first kappa shape index (κ1) is 12.0. The molecule has 1 fully saturated rings. The highest BCUT2D eigenvalue weighted by Crippen LogP contribution is 2.12. The maximum Gasteiger partial charge on any atom is 0.269 e. The molecule has 0 aromatic heterocycles.